The van der Waals surface area contributed by atoms with Gasteiger partial charge in [0.1, 0.15) is 11.5 Å². The Labute approximate surface area is 149 Å². The van der Waals surface area contributed by atoms with Crippen molar-refractivity contribution < 1.29 is 18.8 Å². The van der Waals surface area contributed by atoms with Gasteiger partial charge in [0.05, 0.1) is 19.9 Å². The van der Waals surface area contributed by atoms with Crippen molar-refractivity contribution in [1.82, 2.24) is 5.16 Å². The first-order chi connectivity index (χ1) is 12.1. The highest BCUT2D eigenvalue weighted by Crippen LogP contribution is 2.30. The van der Waals surface area contributed by atoms with E-state index in [1.165, 1.54) is 7.11 Å². The van der Waals surface area contributed by atoms with E-state index in [1.54, 1.807) is 49.6 Å². The fourth-order valence-corrected chi connectivity index (χ4v) is 2.45. The van der Waals surface area contributed by atoms with Crippen molar-refractivity contribution in [3.05, 3.63) is 59.2 Å². The molecule has 6 nitrogen and oxygen atoms in total. The van der Waals surface area contributed by atoms with Crippen molar-refractivity contribution in [1.29, 1.82) is 0 Å². The van der Waals surface area contributed by atoms with Gasteiger partial charge in [0.25, 0.3) is 5.91 Å². The molecule has 1 N–H and O–H groups in total. The molecule has 1 aromatic heterocycles. The van der Waals surface area contributed by atoms with E-state index >= 15 is 0 Å². The zero-order valence-corrected chi connectivity index (χ0v) is 14.3. The minimum absolute atomic E-state index is 0.139. The zero-order valence-electron chi connectivity index (χ0n) is 13.6. The second kappa shape index (κ2) is 7.27. The van der Waals surface area contributed by atoms with Crippen LogP contribution in [0.2, 0.25) is 5.02 Å². The second-order valence-electron chi connectivity index (χ2n) is 5.11. The van der Waals surface area contributed by atoms with Crippen molar-refractivity contribution >= 4 is 23.2 Å². The minimum Gasteiger partial charge on any atom is -0.497 e. The van der Waals surface area contributed by atoms with Crippen LogP contribution in [0.25, 0.3) is 11.3 Å². The number of amides is 1. The molecule has 0 unspecified atom stereocenters. The molecule has 0 aliphatic rings. The summed E-state index contributed by atoms with van der Waals surface area (Å²) in [5, 5.41) is 7.12. The summed E-state index contributed by atoms with van der Waals surface area (Å²) in [7, 11) is 3.06. The summed E-state index contributed by atoms with van der Waals surface area (Å²) in [6, 6.07) is 13.7. The number of anilines is 1. The number of hydrogen-bond donors (Lipinski definition) is 1. The number of halogens is 1. The van der Waals surface area contributed by atoms with Crippen LogP contribution in [0.3, 0.4) is 0 Å². The molecule has 0 saturated carbocycles. The first kappa shape index (κ1) is 16.9. The van der Waals surface area contributed by atoms with Crippen LogP contribution in [0.5, 0.6) is 11.5 Å². The third-order valence-corrected chi connectivity index (χ3v) is 3.74. The third kappa shape index (κ3) is 3.75. The minimum atomic E-state index is -0.427. The molecule has 3 aromatic rings. The van der Waals surface area contributed by atoms with Gasteiger partial charge >= 0.3 is 0 Å². The molecule has 2 aromatic carbocycles. The van der Waals surface area contributed by atoms with E-state index in [2.05, 4.69) is 10.5 Å². The zero-order chi connectivity index (χ0) is 17.8. The number of rotatable bonds is 5. The van der Waals surface area contributed by atoms with Crippen molar-refractivity contribution in [3.8, 4) is 22.8 Å². The second-order valence-corrected chi connectivity index (χ2v) is 5.54. The standard InChI is InChI=1S/C18H15ClN2O4/c1-23-13-6-7-16(24-2)14(9-13)20-18(22)15-10-17(25-21-15)11-4-3-5-12(19)8-11/h3-10H,1-2H3,(H,20,22). The van der Waals surface area contributed by atoms with E-state index in [0.717, 1.165) is 5.56 Å². The first-order valence-corrected chi connectivity index (χ1v) is 7.74. The fourth-order valence-electron chi connectivity index (χ4n) is 2.26. The molecule has 1 amide bonds. The average molecular weight is 359 g/mol. The highest BCUT2D eigenvalue weighted by atomic mass is 35.5. The molecule has 0 spiro atoms. The number of ether oxygens (including phenoxy) is 2. The van der Waals surface area contributed by atoms with Gasteiger partial charge in [-0.05, 0) is 24.3 Å². The van der Waals surface area contributed by atoms with Crippen LogP contribution in [0.1, 0.15) is 10.5 Å². The maximum atomic E-state index is 12.4. The van der Waals surface area contributed by atoms with Crippen LogP contribution < -0.4 is 14.8 Å². The van der Waals surface area contributed by atoms with Gasteiger partial charge in [-0.2, -0.15) is 0 Å². The van der Waals surface area contributed by atoms with Crippen LogP contribution in [0, 0.1) is 0 Å². The molecule has 7 heteroatoms. The Bertz CT molecular complexity index is 908. The summed E-state index contributed by atoms with van der Waals surface area (Å²) in [5.74, 6) is 1.12. The van der Waals surface area contributed by atoms with Gasteiger partial charge in [0.2, 0.25) is 0 Å². The highest BCUT2D eigenvalue weighted by Gasteiger charge is 2.16. The molecule has 0 bridgehead atoms. The number of hydrogen-bond acceptors (Lipinski definition) is 5. The summed E-state index contributed by atoms with van der Waals surface area (Å²) >= 11 is 5.97. The first-order valence-electron chi connectivity index (χ1n) is 7.36. The molecule has 0 fully saturated rings. The number of aromatic nitrogens is 1. The Balaban J connectivity index is 1.83. The molecule has 0 atom stereocenters. The van der Waals surface area contributed by atoms with Gasteiger partial charge in [0.15, 0.2) is 11.5 Å². The third-order valence-electron chi connectivity index (χ3n) is 3.51. The van der Waals surface area contributed by atoms with Crippen LogP contribution >= 0.6 is 11.6 Å². The molecule has 0 saturated heterocycles. The van der Waals surface area contributed by atoms with Gasteiger partial charge in [0, 0.05) is 22.7 Å². The monoisotopic (exact) mass is 358 g/mol. The number of carbonyl (C=O) groups is 1. The summed E-state index contributed by atoms with van der Waals surface area (Å²) in [4.78, 5) is 12.4. The average Bonchev–Trinajstić information content (AvgIpc) is 3.12. The summed E-state index contributed by atoms with van der Waals surface area (Å²) in [6.07, 6.45) is 0. The Hall–Kier alpha value is -2.99. The van der Waals surface area contributed by atoms with E-state index in [4.69, 9.17) is 25.6 Å². The molecule has 128 valence electrons. The number of nitrogens with zero attached hydrogens (tertiary/aromatic N) is 1. The molecule has 1 heterocycles. The highest BCUT2D eigenvalue weighted by molar-refractivity contribution is 6.30. The van der Waals surface area contributed by atoms with Crippen molar-refractivity contribution in [2.24, 2.45) is 0 Å². The Morgan fingerprint density at radius 3 is 2.68 bits per heavy atom. The molecule has 3 rings (SSSR count). The van der Waals surface area contributed by atoms with Crippen LogP contribution in [-0.4, -0.2) is 25.3 Å². The summed E-state index contributed by atoms with van der Waals surface area (Å²) < 4.78 is 15.6. The largest absolute Gasteiger partial charge is 0.497 e. The summed E-state index contributed by atoms with van der Waals surface area (Å²) in [5.41, 5.74) is 1.34. The number of carbonyl (C=O) groups excluding carboxylic acids is 1. The van der Waals surface area contributed by atoms with Crippen LogP contribution in [-0.2, 0) is 0 Å². The predicted molar refractivity (Wildman–Crippen MR) is 94.4 cm³/mol. The van der Waals surface area contributed by atoms with Crippen molar-refractivity contribution in [2.75, 3.05) is 19.5 Å². The van der Waals surface area contributed by atoms with Gasteiger partial charge in [-0.15, -0.1) is 0 Å². The van der Waals surface area contributed by atoms with Gasteiger partial charge in [-0.1, -0.05) is 28.9 Å². The van der Waals surface area contributed by atoms with Crippen molar-refractivity contribution in [3.63, 3.8) is 0 Å². The molecule has 0 aliphatic heterocycles. The molecule has 0 radical (unpaired) electrons. The normalized spacial score (nSPS) is 10.4. The lowest BCUT2D eigenvalue weighted by Gasteiger charge is -2.10. The maximum absolute atomic E-state index is 12.4. The smallest absolute Gasteiger partial charge is 0.277 e. The lowest BCUT2D eigenvalue weighted by Crippen LogP contribution is -2.13. The van der Waals surface area contributed by atoms with E-state index < -0.39 is 5.91 Å². The Kier molecular flexibility index (Phi) is 4.90. The quantitative estimate of drug-likeness (QED) is 0.737. The Morgan fingerprint density at radius 2 is 1.96 bits per heavy atom. The lowest BCUT2D eigenvalue weighted by atomic mass is 10.1. The van der Waals surface area contributed by atoms with E-state index in [1.807, 2.05) is 6.07 Å². The van der Waals surface area contributed by atoms with Gasteiger partial charge < -0.3 is 19.3 Å². The van der Waals surface area contributed by atoms with Crippen LogP contribution in [0.4, 0.5) is 5.69 Å². The van der Waals surface area contributed by atoms with Crippen LogP contribution in [0.15, 0.2) is 53.1 Å². The lowest BCUT2D eigenvalue weighted by molar-refractivity contribution is 0.101. The number of benzene rings is 2. The Morgan fingerprint density at radius 1 is 1.12 bits per heavy atom. The number of methoxy groups -OCH3 is 2. The van der Waals surface area contributed by atoms with E-state index in [9.17, 15) is 4.79 Å². The predicted octanol–water partition coefficient (Wildman–Crippen LogP) is 4.26. The number of nitrogens with one attached hydrogen (secondary N) is 1. The van der Waals surface area contributed by atoms with Gasteiger partial charge in [-0.25, -0.2) is 0 Å². The van der Waals surface area contributed by atoms with E-state index in [0.29, 0.717) is 28.0 Å². The summed E-state index contributed by atoms with van der Waals surface area (Å²) in [6.45, 7) is 0. The molecule has 25 heavy (non-hydrogen) atoms. The van der Waals surface area contributed by atoms with Crippen molar-refractivity contribution in [2.45, 2.75) is 0 Å². The topological polar surface area (TPSA) is 73.6 Å². The SMILES string of the molecule is COc1ccc(OC)c(NC(=O)c2cc(-c3cccc(Cl)c3)on2)c1. The molecular formula is C18H15ClN2O4. The van der Waals surface area contributed by atoms with E-state index in [-0.39, 0.29) is 5.69 Å². The van der Waals surface area contributed by atoms with Gasteiger partial charge in [-0.3, -0.25) is 4.79 Å². The molecular weight excluding hydrogens is 344 g/mol. The maximum Gasteiger partial charge on any atom is 0.277 e. The molecule has 0 aliphatic carbocycles. The fraction of sp³-hybridized carbons (Fsp3) is 0.111.